The van der Waals surface area contributed by atoms with Crippen LogP contribution in [0.5, 0.6) is 0 Å². The molecule has 0 aromatic heterocycles. The Bertz CT molecular complexity index is 413. The summed E-state index contributed by atoms with van der Waals surface area (Å²) in [6.45, 7) is 9.78. The smallest absolute Gasteiger partial charge is 0.149 e. The number of anilines is 1. The van der Waals surface area contributed by atoms with Crippen LogP contribution in [0, 0.1) is 11.6 Å². The molecule has 0 radical (unpaired) electrons. The van der Waals surface area contributed by atoms with Crippen molar-refractivity contribution in [1.29, 1.82) is 0 Å². The van der Waals surface area contributed by atoms with Gasteiger partial charge in [-0.15, -0.1) is 0 Å². The molecule has 0 heterocycles. The van der Waals surface area contributed by atoms with E-state index in [0.717, 1.165) is 26.1 Å². The fourth-order valence-electron chi connectivity index (χ4n) is 2.46. The van der Waals surface area contributed by atoms with Crippen molar-refractivity contribution in [2.75, 3.05) is 37.6 Å². The largest absolute Gasteiger partial charge is 0.392 e. The van der Waals surface area contributed by atoms with Gasteiger partial charge in [0, 0.05) is 13.1 Å². The van der Waals surface area contributed by atoms with Crippen molar-refractivity contribution in [2.45, 2.75) is 33.8 Å². The van der Waals surface area contributed by atoms with Crippen LogP contribution in [0.2, 0.25) is 0 Å². The van der Waals surface area contributed by atoms with Crippen LogP contribution in [0.1, 0.15) is 32.8 Å². The molecule has 0 amide bonds. The van der Waals surface area contributed by atoms with E-state index in [2.05, 4.69) is 18.7 Å². The van der Waals surface area contributed by atoms with Gasteiger partial charge in [-0.25, -0.2) is 8.78 Å². The van der Waals surface area contributed by atoms with Crippen LogP contribution >= 0.6 is 0 Å². The minimum absolute atomic E-state index is 0.00856. The first-order chi connectivity index (χ1) is 10.1. The number of benzene rings is 1. The standard InChI is InChI=1S/C16H26F2N2O/c1-4-19(5-2)8-7-9-20(6-3)16-14(17)10-13(12-21)11-15(16)18/h10-11,21H,4-9,12H2,1-3H3. The van der Waals surface area contributed by atoms with Crippen LogP contribution in [0.15, 0.2) is 12.1 Å². The van der Waals surface area contributed by atoms with Gasteiger partial charge in [-0.1, -0.05) is 13.8 Å². The highest BCUT2D eigenvalue weighted by Crippen LogP contribution is 2.25. The van der Waals surface area contributed by atoms with Crippen molar-refractivity contribution >= 4 is 5.69 Å². The molecule has 5 heteroatoms. The van der Waals surface area contributed by atoms with Crippen LogP contribution < -0.4 is 4.90 Å². The number of aliphatic hydroxyl groups is 1. The average Bonchev–Trinajstić information content (AvgIpc) is 2.48. The van der Waals surface area contributed by atoms with Crippen molar-refractivity contribution in [3.63, 3.8) is 0 Å². The Morgan fingerprint density at radius 3 is 1.95 bits per heavy atom. The second-order valence-corrected chi connectivity index (χ2v) is 5.03. The van der Waals surface area contributed by atoms with E-state index in [1.54, 1.807) is 4.90 Å². The molecule has 3 nitrogen and oxygen atoms in total. The molecule has 1 aromatic rings. The Labute approximate surface area is 126 Å². The lowest BCUT2D eigenvalue weighted by atomic mass is 10.1. The van der Waals surface area contributed by atoms with Crippen molar-refractivity contribution in [3.8, 4) is 0 Å². The molecule has 0 unspecified atom stereocenters. The van der Waals surface area contributed by atoms with Gasteiger partial charge in [0.1, 0.15) is 17.3 Å². The zero-order valence-electron chi connectivity index (χ0n) is 13.2. The molecule has 0 aliphatic heterocycles. The first-order valence-corrected chi connectivity index (χ1v) is 7.63. The number of nitrogens with zero attached hydrogens (tertiary/aromatic N) is 2. The zero-order valence-corrected chi connectivity index (χ0v) is 13.2. The van der Waals surface area contributed by atoms with Gasteiger partial charge < -0.3 is 14.9 Å². The summed E-state index contributed by atoms with van der Waals surface area (Å²) in [7, 11) is 0. The number of hydrogen-bond acceptors (Lipinski definition) is 3. The third-order valence-electron chi connectivity index (χ3n) is 3.75. The Morgan fingerprint density at radius 2 is 1.52 bits per heavy atom. The van der Waals surface area contributed by atoms with Crippen molar-refractivity contribution < 1.29 is 13.9 Å². The van der Waals surface area contributed by atoms with Crippen LogP contribution in [0.25, 0.3) is 0 Å². The highest BCUT2D eigenvalue weighted by molar-refractivity contribution is 5.50. The normalized spacial score (nSPS) is 11.2. The molecule has 0 fully saturated rings. The fraction of sp³-hybridized carbons (Fsp3) is 0.625. The van der Waals surface area contributed by atoms with E-state index in [1.165, 1.54) is 12.1 Å². The van der Waals surface area contributed by atoms with Crippen molar-refractivity contribution in [1.82, 2.24) is 4.90 Å². The maximum absolute atomic E-state index is 14.1. The van der Waals surface area contributed by atoms with E-state index < -0.39 is 11.6 Å². The molecule has 21 heavy (non-hydrogen) atoms. The van der Waals surface area contributed by atoms with Gasteiger partial charge in [-0.2, -0.15) is 0 Å². The predicted molar refractivity (Wildman–Crippen MR) is 82.6 cm³/mol. The minimum atomic E-state index is -0.608. The van der Waals surface area contributed by atoms with Crippen molar-refractivity contribution in [2.24, 2.45) is 0 Å². The SMILES string of the molecule is CCN(CC)CCCN(CC)c1c(F)cc(CO)cc1F. The van der Waals surface area contributed by atoms with E-state index in [0.29, 0.717) is 13.1 Å². The van der Waals surface area contributed by atoms with E-state index >= 15 is 0 Å². The second kappa shape index (κ2) is 8.95. The lowest BCUT2D eigenvalue weighted by Crippen LogP contribution is -2.31. The molecule has 1 rings (SSSR count). The lowest BCUT2D eigenvalue weighted by molar-refractivity contribution is 0.280. The molecule has 0 bridgehead atoms. The molecule has 1 N–H and O–H groups in total. The molecular formula is C16H26F2N2O. The Kier molecular flexibility index (Phi) is 7.61. The van der Waals surface area contributed by atoms with Gasteiger partial charge in [0.2, 0.25) is 0 Å². The molecule has 0 aliphatic rings. The number of halogens is 2. The Balaban J connectivity index is 2.76. The summed E-state index contributed by atoms with van der Waals surface area (Å²) in [5.74, 6) is -1.22. The molecular weight excluding hydrogens is 274 g/mol. The van der Waals surface area contributed by atoms with Crippen LogP contribution in [-0.2, 0) is 6.61 Å². The Morgan fingerprint density at radius 1 is 0.952 bits per heavy atom. The van der Waals surface area contributed by atoms with Crippen LogP contribution in [0.3, 0.4) is 0 Å². The predicted octanol–water partition coefficient (Wildman–Crippen LogP) is 3.02. The third-order valence-corrected chi connectivity index (χ3v) is 3.75. The van der Waals surface area contributed by atoms with Gasteiger partial charge >= 0.3 is 0 Å². The second-order valence-electron chi connectivity index (χ2n) is 5.03. The van der Waals surface area contributed by atoms with Gasteiger partial charge in [-0.3, -0.25) is 0 Å². The van der Waals surface area contributed by atoms with Gasteiger partial charge in [-0.05, 0) is 50.7 Å². The third kappa shape index (κ3) is 4.93. The van der Waals surface area contributed by atoms with Crippen LogP contribution in [-0.4, -0.2) is 42.7 Å². The van der Waals surface area contributed by atoms with Crippen molar-refractivity contribution in [3.05, 3.63) is 29.3 Å². The lowest BCUT2D eigenvalue weighted by Gasteiger charge is -2.26. The first-order valence-electron chi connectivity index (χ1n) is 7.63. The molecule has 0 saturated heterocycles. The highest BCUT2D eigenvalue weighted by Gasteiger charge is 2.17. The molecule has 0 spiro atoms. The molecule has 0 aliphatic carbocycles. The summed E-state index contributed by atoms with van der Waals surface area (Å²) in [5.41, 5.74) is 0.266. The maximum Gasteiger partial charge on any atom is 0.149 e. The summed E-state index contributed by atoms with van der Waals surface area (Å²) < 4.78 is 28.1. The summed E-state index contributed by atoms with van der Waals surface area (Å²) in [6, 6.07) is 2.40. The van der Waals surface area contributed by atoms with Gasteiger partial charge in [0.25, 0.3) is 0 Å². The summed E-state index contributed by atoms with van der Waals surface area (Å²) in [5, 5.41) is 8.98. The van der Waals surface area contributed by atoms with E-state index in [1.807, 2.05) is 6.92 Å². The zero-order chi connectivity index (χ0) is 15.8. The molecule has 0 saturated carbocycles. The number of aliphatic hydroxyl groups excluding tert-OH is 1. The van der Waals surface area contributed by atoms with E-state index in [4.69, 9.17) is 5.11 Å². The summed E-state index contributed by atoms with van der Waals surface area (Å²) >= 11 is 0. The number of rotatable bonds is 9. The summed E-state index contributed by atoms with van der Waals surface area (Å²) in [6.07, 6.45) is 0.857. The van der Waals surface area contributed by atoms with E-state index in [-0.39, 0.29) is 17.9 Å². The average molecular weight is 300 g/mol. The van der Waals surface area contributed by atoms with Gasteiger partial charge in [0.15, 0.2) is 0 Å². The first kappa shape index (κ1) is 17.9. The topological polar surface area (TPSA) is 26.7 Å². The molecule has 120 valence electrons. The Hall–Kier alpha value is -1.20. The monoisotopic (exact) mass is 300 g/mol. The quantitative estimate of drug-likeness (QED) is 0.759. The number of hydrogen-bond donors (Lipinski definition) is 1. The molecule has 0 atom stereocenters. The fourth-order valence-corrected chi connectivity index (χ4v) is 2.46. The summed E-state index contributed by atoms with van der Waals surface area (Å²) in [4.78, 5) is 4.00. The maximum atomic E-state index is 14.1. The minimum Gasteiger partial charge on any atom is -0.392 e. The highest BCUT2D eigenvalue weighted by atomic mass is 19.1. The van der Waals surface area contributed by atoms with Gasteiger partial charge in [0.05, 0.1) is 6.61 Å². The molecule has 1 aromatic carbocycles. The van der Waals surface area contributed by atoms with Crippen LogP contribution in [0.4, 0.5) is 14.5 Å². The van der Waals surface area contributed by atoms with E-state index in [9.17, 15) is 8.78 Å².